The van der Waals surface area contributed by atoms with Crippen LogP contribution in [0.5, 0.6) is 0 Å². The number of hydrogen-bond acceptors (Lipinski definition) is 5. The first-order chi connectivity index (χ1) is 16.2. The minimum absolute atomic E-state index is 0.0321. The van der Waals surface area contributed by atoms with Gasteiger partial charge < -0.3 is 9.80 Å². The summed E-state index contributed by atoms with van der Waals surface area (Å²) < 4.78 is 1.78. The summed E-state index contributed by atoms with van der Waals surface area (Å²) >= 11 is 0. The van der Waals surface area contributed by atoms with Crippen molar-refractivity contribution in [2.24, 2.45) is 0 Å². The molecule has 7 nitrogen and oxygen atoms in total. The molecule has 1 amide bonds. The Morgan fingerprint density at radius 3 is 2.30 bits per heavy atom. The number of rotatable bonds is 5. The lowest BCUT2D eigenvalue weighted by Gasteiger charge is -2.40. The summed E-state index contributed by atoms with van der Waals surface area (Å²) in [5, 5.41) is 8.80. The van der Waals surface area contributed by atoms with Crippen LogP contribution < -0.4 is 0 Å². The second-order valence-corrected chi connectivity index (χ2v) is 9.07. The topological polar surface area (TPSA) is 67.2 Å². The molecule has 3 aromatic rings. The SMILES string of the molecule is CCc1ccc(-n2nnc(C(=O)N3CCC(N4CCCCC4)CC3)c2-c2ccncc2)cc1. The van der Waals surface area contributed by atoms with Crippen molar-refractivity contribution >= 4 is 5.91 Å². The van der Waals surface area contributed by atoms with Crippen molar-refractivity contribution in [2.45, 2.75) is 51.5 Å². The van der Waals surface area contributed by atoms with Crippen LogP contribution in [0.25, 0.3) is 16.9 Å². The Balaban J connectivity index is 1.40. The number of aryl methyl sites for hydroxylation is 1. The number of likely N-dealkylation sites (tertiary alicyclic amines) is 2. The summed E-state index contributed by atoms with van der Waals surface area (Å²) in [6.07, 6.45) is 10.5. The van der Waals surface area contributed by atoms with E-state index in [1.165, 1.54) is 37.9 Å². The Morgan fingerprint density at radius 1 is 0.939 bits per heavy atom. The lowest BCUT2D eigenvalue weighted by atomic mass is 9.99. The summed E-state index contributed by atoms with van der Waals surface area (Å²) in [6.45, 7) is 6.09. The highest BCUT2D eigenvalue weighted by molar-refractivity contribution is 5.98. The first-order valence-corrected chi connectivity index (χ1v) is 12.2. The van der Waals surface area contributed by atoms with Gasteiger partial charge in [0.25, 0.3) is 5.91 Å². The van der Waals surface area contributed by atoms with Crippen LogP contribution in [0.4, 0.5) is 0 Å². The van der Waals surface area contributed by atoms with Crippen LogP contribution in [0, 0.1) is 0 Å². The molecule has 172 valence electrons. The predicted molar refractivity (Wildman–Crippen MR) is 128 cm³/mol. The van der Waals surface area contributed by atoms with Gasteiger partial charge in [0.15, 0.2) is 5.69 Å². The predicted octanol–water partition coefficient (Wildman–Crippen LogP) is 3.98. The molecule has 0 unspecified atom stereocenters. The quantitative estimate of drug-likeness (QED) is 0.595. The molecular weight excluding hydrogens is 412 g/mol. The van der Waals surface area contributed by atoms with Crippen molar-refractivity contribution in [3.05, 3.63) is 60.0 Å². The third-order valence-electron chi connectivity index (χ3n) is 7.07. The van der Waals surface area contributed by atoms with Gasteiger partial charge in [-0.3, -0.25) is 9.78 Å². The number of amides is 1. The zero-order valence-electron chi connectivity index (χ0n) is 19.4. The molecular formula is C26H32N6O. The van der Waals surface area contributed by atoms with Crippen molar-refractivity contribution in [3.8, 4) is 16.9 Å². The Labute approximate surface area is 195 Å². The Hall–Kier alpha value is -3.06. The van der Waals surface area contributed by atoms with Crippen molar-refractivity contribution in [1.29, 1.82) is 0 Å². The van der Waals surface area contributed by atoms with E-state index >= 15 is 0 Å². The number of aromatic nitrogens is 4. The maximum atomic E-state index is 13.6. The van der Waals surface area contributed by atoms with Crippen molar-refractivity contribution in [3.63, 3.8) is 0 Å². The molecule has 2 saturated heterocycles. The van der Waals surface area contributed by atoms with E-state index in [-0.39, 0.29) is 5.91 Å². The Morgan fingerprint density at radius 2 is 1.64 bits per heavy atom. The second kappa shape index (κ2) is 9.83. The van der Waals surface area contributed by atoms with Crippen molar-refractivity contribution in [2.75, 3.05) is 26.2 Å². The van der Waals surface area contributed by atoms with Crippen LogP contribution in [0.15, 0.2) is 48.8 Å². The van der Waals surface area contributed by atoms with Crippen molar-refractivity contribution in [1.82, 2.24) is 29.8 Å². The Kier molecular flexibility index (Phi) is 6.48. The van der Waals surface area contributed by atoms with Crippen LogP contribution in [0.2, 0.25) is 0 Å². The van der Waals surface area contributed by atoms with Gasteiger partial charge in [0.05, 0.1) is 5.69 Å². The zero-order valence-corrected chi connectivity index (χ0v) is 19.4. The third kappa shape index (κ3) is 4.55. The summed E-state index contributed by atoms with van der Waals surface area (Å²) in [6, 6.07) is 12.7. The number of pyridine rings is 1. The van der Waals surface area contributed by atoms with E-state index in [0.29, 0.717) is 11.7 Å². The number of carbonyl (C=O) groups excluding carboxylic acids is 1. The van der Waals surface area contributed by atoms with Gasteiger partial charge in [0.1, 0.15) is 5.69 Å². The van der Waals surface area contributed by atoms with Gasteiger partial charge in [-0.1, -0.05) is 30.7 Å². The van der Waals surface area contributed by atoms with Gasteiger partial charge in [0, 0.05) is 37.1 Å². The minimum Gasteiger partial charge on any atom is -0.337 e. The second-order valence-electron chi connectivity index (χ2n) is 9.07. The van der Waals surface area contributed by atoms with Gasteiger partial charge in [0.2, 0.25) is 0 Å². The van der Waals surface area contributed by atoms with Crippen LogP contribution in [-0.2, 0) is 6.42 Å². The monoisotopic (exact) mass is 444 g/mol. The average Bonchev–Trinajstić information content (AvgIpc) is 3.34. The normalized spacial score (nSPS) is 17.9. The van der Waals surface area contributed by atoms with E-state index in [4.69, 9.17) is 0 Å². The highest BCUT2D eigenvalue weighted by Crippen LogP contribution is 2.28. The molecule has 0 N–H and O–H groups in total. The molecule has 0 spiro atoms. The molecule has 2 aliphatic rings. The smallest absolute Gasteiger partial charge is 0.276 e. The van der Waals surface area contributed by atoms with E-state index in [0.717, 1.165) is 49.3 Å². The molecule has 2 aromatic heterocycles. The molecule has 0 atom stereocenters. The van der Waals surface area contributed by atoms with Crippen molar-refractivity contribution < 1.29 is 4.79 Å². The fourth-order valence-electron chi connectivity index (χ4n) is 5.12. The van der Waals surface area contributed by atoms with Gasteiger partial charge in [-0.05, 0) is 75.0 Å². The number of hydrogen-bond donors (Lipinski definition) is 0. The molecule has 0 aliphatic carbocycles. The van der Waals surface area contributed by atoms with E-state index in [2.05, 4.69) is 39.3 Å². The fraction of sp³-hybridized carbons (Fsp3) is 0.462. The maximum Gasteiger partial charge on any atom is 0.276 e. The molecule has 4 heterocycles. The minimum atomic E-state index is -0.0321. The summed E-state index contributed by atoms with van der Waals surface area (Å²) in [4.78, 5) is 22.3. The molecule has 2 aliphatic heterocycles. The highest BCUT2D eigenvalue weighted by atomic mass is 16.2. The highest BCUT2D eigenvalue weighted by Gasteiger charge is 2.31. The number of benzene rings is 1. The Bertz CT molecular complexity index is 1060. The molecule has 5 rings (SSSR count). The van der Waals surface area contributed by atoms with E-state index < -0.39 is 0 Å². The summed E-state index contributed by atoms with van der Waals surface area (Å²) in [7, 11) is 0. The lowest BCUT2D eigenvalue weighted by Crippen LogP contribution is -2.48. The van der Waals surface area contributed by atoms with Gasteiger partial charge >= 0.3 is 0 Å². The van der Waals surface area contributed by atoms with Crippen LogP contribution in [-0.4, -0.2) is 67.9 Å². The zero-order chi connectivity index (χ0) is 22.6. The molecule has 7 heteroatoms. The van der Waals surface area contributed by atoms with E-state index in [1.54, 1.807) is 17.1 Å². The molecule has 0 saturated carbocycles. The van der Waals surface area contributed by atoms with Gasteiger partial charge in [-0.2, -0.15) is 0 Å². The largest absolute Gasteiger partial charge is 0.337 e. The molecule has 1 aromatic carbocycles. The molecule has 2 fully saturated rings. The van der Waals surface area contributed by atoms with E-state index in [9.17, 15) is 4.79 Å². The van der Waals surface area contributed by atoms with Crippen LogP contribution >= 0.6 is 0 Å². The fourth-order valence-corrected chi connectivity index (χ4v) is 5.12. The third-order valence-corrected chi connectivity index (χ3v) is 7.07. The maximum absolute atomic E-state index is 13.6. The standard InChI is InChI=1S/C26H32N6O/c1-2-20-6-8-23(9-7-20)32-25(21-10-14-27-15-11-21)24(28-29-32)26(33)31-18-12-22(13-19-31)30-16-4-3-5-17-30/h6-11,14-15,22H,2-5,12-13,16-19H2,1H3. The summed E-state index contributed by atoms with van der Waals surface area (Å²) in [5.74, 6) is -0.0321. The number of carbonyl (C=O) groups is 1. The molecule has 33 heavy (non-hydrogen) atoms. The number of piperidine rings is 2. The summed E-state index contributed by atoms with van der Waals surface area (Å²) in [5.41, 5.74) is 4.19. The van der Waals surface area contributed by atoms with Crippen LogP contribution in [0.1, 0.15) is 55.1 Å². The lowest BCUT2D eigenvalue weighted by molar-refractivity contribution is 0.0585. The first-order valence-electron chi connectivity index (χ1n) is 12.2. The van der Waals surface area contributed by atoms with Crippen LogP contribution in [0.3, 0.4) is 0 Å². The van der Waals surface area contributed by atoms with Gasteiger partial charge in [-0.25, -0.2) is 4.68 Å². The average molecular weight is 445 g/mol. The molecule has 0 bridgehead atoms. The van der Waals surface area contributed by atoms with E-state index in [1.807, 2.05) is 29.2 Å². The molecule has 0 radical (unpaired) electrons. The van der Waals surface area contributed by atoms with Gasteiger partial charge in [-0.15, -0.1) is 5.10 Å². The number of nitrogens with zero attached hydrogens (tertiary/aromatic N) is 6. The first kappa shape index (κ1) is 21.8.